The van der Waals surface area contributed by atoms with Gasteiger partial charge in [0.05, 0.1) is 16.6 Å². The first-order chi connectivity index (χ1) is 14.9. The first-order valence-corrected chi connectivity index (χ1v) is 10.4. The summed E-state index contributed by atoms with van der Waals surface area (Å²) < 4.78 is 0. The lowest BCUT2D eigenvalue weighted by atomic mass is 10.1. The number of non-ortho nitro benzene ring substituents is 1. The third-order valence-electron chi connectivity index (χ3n) is 4.35. The van der Waals surface area contributed by atoms with Gasteiger partial charge in [0.25, 0.3) is 5.69 Å². The highest BCUT2D eigenvalue weighted by molar-refractivity contribution is 8.00. The highest BCUT2D eigenvalue weighted by Crippen LogP contribution is 2.27. The molecule has 3 rings (SSSR count). The van der Waals surface area contributed by atoms with Crippen LogP contribution in [0.15, 0.2) is 83.8 Å². The summed E-state index contributed by atoms with van der Waals surface area (Å²) in [6.45, 7) is 1.77. The first kappa shape index (κ1) is 22.0. The fraction of sp³-hybridized carbons (Fsp3) is 0.130. The summed E-state index contributed by atoms with van der Waals surface area (Å²) in [6, 6.07) is 22.5. The molecule has 1 unspecified atom stereocenters. The number of thioether (sulfide) groups is 1. The monoisotopic (exact) mass is 435 g/mol. The summed E-state index contributed by atoms with van der Waals surface area (Å²) in [5.74, 6) is -0.338. The number of benzene rings is 3. The topological polar surface area (TPSA) is 101 Å². The Labute approximate surface area is 184 Å². The van der Waals surface area contributed by atoms with Gasteiger partial charge < -0.3 is 10.6 Å². The second-order valence-electron chi connectivity index (χ2n) is 6.79. The normalized spacial score (nSPS) is 11.4. The van der Waals surface area contributed by atoms with Crippen LogP contribution in [0.3, 0.4) is 0 Å². The quantitative estimate of drug-likeness (QED) is 0.298. The number of nitrogens with one attached hydrogen (secondary N) is 2. The Kier molecular flexibility index (Phi) is 7.40. The number of anilines is 2. The smallest absolute Gasteiger partial charge is 0.269 e. The van der Waals surface area contributed by atoms with Crippen molar-refractivity contribution in [2.75, 3.05) is 10.6 Å². The lowest BCUT2D eigenvalue weighted by Gasteiger charge is -2.13. The second-order valence-corrected chi connectivity index (χ2v) is 8.21. The zero-order valence-corrected chi connectivity index (χ0v) is 17.6. The summed E-state index contributed by atoms with van der Waals surface area (Å²) in [5, 5.41) is 15.9. The predicted molar refractivity (Wildman–Crippen MR) is 122 cm³/mol. The van der Waals surface area contributed by atoms with Gasteiger partial charge in [-0.25, -0.2) is 0 Å². The van der Waals surface area contributed by atoms with Gasteiger partial charge in [0.2, 0.25) is 11.8 Å². The minimum absolute atomic E-state index is 0.0356. The first-order valence-electron chi connectivity index (χ1n) is 9.56. The average Bonchev–Trinajstić information content (AvgIpc) is 2.75. The highest BCUT2D eigenvalue weighted by atomic mass is 32.2. The molecule has 3 aromatic carbocycles. The molecular formula is C23H21N3O4S. The van der Waals surface area contributed by atoms with Crippen LogP contribution in [0.2, 0.25) is 0 Å². The molecule has 158 valence electrons. The Bertz CT molecular complexity index is 1070. The minimum atomic E-state index is -0.490. The van der Waals surface area contributed by atoms with E-state index in [4.69, 9.17) is 0 Å². The van der Waals surface area contributed by atoms with E-state index in [1.54, 1.807) is 13.0 Å². The standard InChI is InChI=1S/C23H21N3O4S/c1-16(23(28)25-18-10-12-20(13-11-18)26(29)30)31-21-9-5-8-19(15-21)24-22(27)14-17-6-3-2-4-7-17/h2-13,15-16H,14H2,1H3,(H,24,27)(H,25,28). The van der Waals surface area contributed by atoms with Crippen LogP contribution in [0.25, 0.3) is 0 Å². The van der Waals surface area contributed by atoms with E-state index in [0.717, 1.165) is 10.5 Å². The minimum Gasteiger partial charge on any atom is -0.326 e. The maximum atomic E-state index is 12.5. The molecule has 0 fully saturated rings. The number of nitro groups is 1. The van der Waals surface area contributed by atoms with Crippen molar-refractivity contribution in [2.24, 2.45) is 0 Å². The molecule has 2 N–H and O–H groups in total. The van der Waals surface area contributed by atoms with Gasteiger partial charge in [-0.15, -0.1) is 11.8 Å². The Morgan fingerprint density at radius 2 is 1.65 bits per heavy atom. The van der Waals surface area contributed by atoms with Gasteiger partial charge in [-0.3, -0.25) is 19.7 Å². The van der Waals surface area contributed by atoms with Crippen LogP contribution in [0.5, 0.6) is 0 Å². The molecule has 0 aliphatic carbocycles. The number of amides is 2. The van der Waals surface area contributed by atoms with Gasteiger partial charge in [-0.05, 0) is 42.8 Å². The fourth-order valence-corrected chi connectivity index (χ4v) is 3.73. The number of rotatable bonds is 8. The Balaban J connectivity index is 1.56. The van der Waals surface area contributed by atoms with Crippen LogP contribution in [0, 0.1) is 10.1 Å². The molecule has 0 bridgehead atoms. The summed E-state index contributed by atoms with van der Waals surface area (Å²) in [5.41, 5.74) is 2.05. The largest absolute Gasteiger partial charge is 0.326 e. The van der Waals surface area contributed by atoms with E-state index in [1.807, 2.05) is 48.5 Å². The van der Waals surface area contributed by atoms with Crippen molar-refractivity contribution in [3.8, 4) is 0 Å². The number of nitrogens with zero attached hydrogens (tertiary/aromatic N) is 1. The molecule has 3 aromatic rings. The number of hydrogen-bond acceptors (Lipinski definition) is 5. The van der Waals surface area contributed by atoms with E-state index < -0.39 is 10.2 Å². The van der Waals surface area contributed by atoms with E-state index in [2.05, 4.69) is 10.6 Å². The zero-order valence-electron chi connectivity index (χ0n) is 16.8. The van der Waals surface area contributed by atoms with E-state index >= 15 is 0 Å². The van der Waals surface area contributed by atoms with E-state index in [9.17, 15) is 19.7 Å². The molecule has 31 heavy (non-hydrogen) atoms. The Morgan fingerprint density at radius 3 is 2.32 bits per heavy atom. The van der Waals surface area contributed by atoms with Crippen molar-refractivity contribution in [3.63, 3.8) is 0 Å². The van der Waals surface area contributed by atoms with Gasteiger partial charge in [0.1, 0.15) is 0 Å². The third-order valence-corrected chi connectivity index (χ3v) is 5.45. The number of hydrogen-bond donors (Lipinski definition) is 2. The molecule has 0 spiro atoms. The number of nitro benzene ring substituents is 1. The molecule has 0 aliphatic heterocycles. The van der Waals surface area contributed by atoms with Gasteiger partial charge >= 0.3 is 0 Å². The summed E-state index contributed by atoms with van der Waals surface area (Å²) in [7, 11) is 0. The SMILES string of the molecule is CC(Sc1cccc(NC(=O)Cc2ccccc2)c1)C(=O)Nc1ccc([N+](=O)[O-])cc1. The zero-order chi connectivity index (χ0) is 22.2. The van der Waals surface area contributed by atoms with Crippen LogP contribution in [0.4, 0.5) is 17.1 Å². The van der Waals surface area contributed by atoms with Crippen molar-refractivity contribution >= 4 is 40.6 Å². The maximum absolute atomic E-state index is 12.5. The highest BCUT2D eigenvalue weighted by Gasteiger charge is 2.16. The predicted octanol–water partition coefficient (Wildman–Crippen LogP) is 4.90. The van der Waals surface area contributed by atoms with Gasteiger partial charge in [-0.2, -0.15) is 0 Å². The van der Waals surface area contributed by atoms with Crippen molar-refractivity contribution in [1.29, 1.82) is 0 Å². The van der Waals surface area contributed by atoms with E-state index in [-0.39, 0.29) is 23.9 Å². The van der Waals surface area contributed by atoms with Crippen molar-refractivity contribution in [1.82, 2.24) is 0 Å². The molecule has 8 heteroatoms. The molecule has 2 amide bonds. The van der Waals surface area contributed by atoms with Crippen LogP contribution < -0.4 is 10.6 Å². The number of carbonyl (C=O) groups excluding carboxylic acids is 2. The molecule has 0 aliphatic rings. The van der Waals surface area contributed by atoms with Crippen molar-refractivity contribution in [2.45, 2.75) is 23.5 Å². The van der Waals surface area contributed by atoms with Crippen LogP contribution in [0.1, 0.15) is 12.5 Å². The lowest BCUT2D eigenvalue weighted by Crippen LogP contribution is -2.22. The molecule has 0 heterocycles. The van der Waals surface area contributed by atoms with Gasteiger partial charge in [0, 0.05) is 28.4 Å². The summed E-state index contributed by atoms with van der Waals surface area (Å²) in [4.78, 5) is 35.8. The fourth-order valence-electron chi connectivity index (χ4n) is 2.80. The number of carbonyl (C=O) groups is 2. The molecule has 0 saturated heterocycles. The van der Waals surface area contributed by atoms with E-state index in [0.29, 0.717) is 11.4 Å². The molecule has 0 saturated carbocycles. The van der Waals surface area contributed by atoms with Crippen LogP contribution in [-0.4, -0.2) is 22.0 Å². The second kappa shape index (κ2) is 10.4. The van der Waals surface area contributed by atoms with Crippen LogP contribution >= 0.6 is 11.8 Å². The summed E-state index contributed by atoms with van der Waals surface area (Å²) in [6.07, 6.45) is 0.284. The maximum Gasteiger partial charge on any atom is 0.269 e. The molecule has 7 nitrogen and oxygen atoms in total. The third kappa shape index (κ3) is 6.68. The van der Waals surface area contributed by atoms with Gasteiger partial charge in [0.15, 0.2) is 0 Å². The molecule has 0 radical (unpaired) electrons. The lowest BCUT2D eigenvalue weighted by molar-refractivity contribution is -0.384. The molecule has 1 atom stereocenters. The Morgan fingerprint density at radius 1 is 0.935 bits per heavy atom. The van der Waals surface area contributed by atoms with E-state index in [1.165, 1.54) is 36.0 Å². The average molecular weight is 436 g/mol. The molecule has 0 aromatic heterocycles. The summed E-state index contributed by atoms with van der Waals surface area (Å²) >= 11 is 1.35. The molecular weight excluding hydrogens is 414 g/mol. The Hall–Kier alpha value is -3.65. The van der Waals surface area contributed by atoms with Crippen molar-refractivity contribution < 1.29 is 14.5 Å². The van der Waals surface area contributed by atoms with Gasteiger partial charge in [-0.1, -0.05) is 36.4 Å². The van der Waals surface area contributed by atoms with Crippen LogP contribution in [-0.2, 0) is 16.0 Å². The van der Waals surface area contributed by atoms with Crippen molar-refractivity contribution in [3.05, 3.63) is 94.5 Å².